The summed E-state index contributed by atoms with van der Waals surface area (Å²) in [6, 6.07) is 15.7. The number of ether oxygens (including phenoxy) is 1. The van der Waals surface area contributed by atoms with Crippen LogP contribution in [0.1, 0.15) is 37.8 Å². The summed E-state index contributed by atoms with van der Waals surface area (Å²) in [5, 5.41) is 18.1. The highest BCUT2D eigenvalue weighted by Crippen LogP contribution is 2.11. The SMILES string of the molecule is CC(C)CC(NC(=O)[C@@H](CCc1ccccc1)NC(=O)CN1CCOCC1)C(=O)N[C@@H](Cc1ccccc1)C(=O)O. The van der Waals surface area contributed by atoms with Crippen LogP contribution in [0.4, 0.5) is 0 Å². The highest BCUT2D eigenvalue weighted by atomic mass is 16.5. The van der Waals surface area contributed by atoms with E-state index in [0.717, 1.165) is 11.1 Å². The second kappa shape index (κ2) is 16.5. The van der Waals surface area contributed by atoms with Crippen LogP contribution in [0.5, 0.6) is 0 Å². The van der Waals surface area contributed by atoms with Gasteiger partial charge in [0.25, 0.3) is 0 Å². The van der Waals surface area contributed by atoms with E-state index in [9.17, 15) is 24.3 Å². The Morgan fingerprint density at radius 3 is 1.95 bits per heavy atom. The van der Waals surface area contributed by atoms with Gasteiger partial charge in [0.2, 0.25) is 17.7 Å². The van der Waals surface area contributed by atoms with Crippen LogP contribution in [0, 0.1) is 5.92 Å². The van der Waals surface area contributed by atoms with E-state index < -0.39 is 35.9 Å². The first-order valence-corrected chi connectivity index (χ1v) is 14.2. The summed E-state index contributed by atoms with van der Waals surface area (Å²) in [4.78, 5) is 53.7. The van der Waals surface area contributed by atoms with Gasteiger partial charge in [-0.25, -0.2) is 4.79 Å². The Labute approximate surface area is 241 Å². The van der Waals surface area contributed by atoms with Gasteiger partial charge < -0.3 is 25.8 Å². The van der Waals surface area contributed by atoms with E-state index in [1.165, 1.54) is 0 Å². The quantitative estimate of drug-likeness (QED) is 0.258. The van der Waals surface area contributed by atoms with Crippen molar-refractivity contribution in [3.63, 3.8) is 0 Å². The van der Waals surface area contributed by atoms with Gasteiger partial charge in [0.15, 0.2) is 0 Å². The van der Waals surface area contributed by atoms with Crippen molar-refractivity contribution in [2.75, 3.05) is 32.8 Å². The van der Waals surface area contributed by atoms with Crippen molar-refractivity contribution >= 4 is 23.7 Å². The molecule has 41 heavy (non-hydrogen) atoms. The number of carbonyl (C=O) groups excluding carboxylic acids is 3. The summed E-state index contributed by atoms with van der Waals surface area (Å²) in [6.45, 7) is 6.37. The van der Waals surface area contributed by atoms with Crippen molar-refractivity contribution in [3.8, 4) is 0 Å². The van der Waals surface area contributed by atoms with E-state index in [1.54, 1.807) is 24.3 Å². The molecule has 1 aliphatic heterocycles. The fourth-order valence-electron chi connectivity index (χ4n) is 4.72. The lowest BCUT2D eigenvalue weighted by Gasteiger charge is -2.28. The molecule has 0 radical (unpaired) electrons. The van der Waals surface area contributed by atoms with Crippen molar-refractivity contribution in [1.29, 1.82) is 0 Å². The van der Waals surface area contributed by atoms with Crippen molar-refractivity contribution in [3.05, 3.63) is 71.8 Å². The number of hydrogen-bond acceptors (Lipinski definition) is 6. The molecule has 3 atom stereocenters. The molecule has 0 aliphatic carbocycles. The molecule has 4 N–H and O–H groups in total. The second-order valence-corrected chi connectivity index (χ2v) is 10.8. The number of benzene rings is 2. The Balaban J connectivity index is 1.70. The van der Waals surface area contributed by atoms with Gasteiger partial charge in [0.1, 0.15) is 18.1 Å². The average Bonchev–Trinajstić information content (AvgIpc) is 2.95. The number of aryl methyl sites for hydroxylation is 1. The van der Waals surface area contributed by atoms with E-state index in [-0.39, 0.29) is 24.8 Å². The number of carboxylic acid groups (broad SMARTS) is 1. The van der Waals surface area contributed by atoms with Crippen LogP contribution in [0.3, 0.4) is 0 Å². The van der Waals surface area contributed by atoms with Crippen molar-refractivity contribution in [2.24, 2.45) is 5.92 Å². The molecular formula is C31H42N4O6. The molecule has 1 heterocycles. The topological polar surface area (TPSA) is 137 Å². The summed E-state index contributed by atoms with van der Waals surface area (Å²) in [5.74, 6) is -2.45. The number of carboxylic acids is 1. The average molecular weight is 567 g/mol. The van der Waals surface area contributed by atoms with Gasteiger partial charge in [-0.2, -0.15) is 0 Å². The number of amides is 3. The smallest absolute Gasteiger partial charge is 0.326 e. The second-order valence-electron chi connectivity index (χ2n) is 10.8. The minimum Gasteiger partial charge on any atom is -0.480 e. The van der Waals surface area contributed by atoms with Crippen LogP contribution in [-0.2, 0) is 36.8 Å². The van der Waals surface area contributed by atoms with Gasteiger partial charge in [-0.1, -0.05) is 74.5 Å². The number of aliphatic carboxylic acids is 1. The van der Waals surface area contributed by atoms with Gasteiger partial charge in [0.05, 0.1) is 19.8 Å². The van der Waals surface area contributed by atoms with E-state index >= 15 is 0 Å². The van der Waals surface area contributed by atoms with Gasteiger partial charge in [-0.05, 0) is 36.3 Å². The standard InChI is InChI=1S/C31H42N4O6/c1-22(2)19-26(30(38)34-27(31(39)40)20-24-11-7-4-8-12-24)33-29(37)25(14-13-23-9-5-3-6-10-23)32-28(36)21-35-15-17-41-18-16-35/h3-12,22,25-27H,13-21H2,1-2H3,(H,32,36)(H,33,37)(H,34,38)(H,39,40)/t25-,26?,27+/m1/s1. The van der Waals surface area contributed by atoms with Crippen molar-refractivity contribution in [2.45, 2.75) is 57.7 Å². The zero-order valence-corrected chi connectivity index (χ0v) is 23.9. The molecule has 2 aromatic carbocycles. The van der Waals surface area contributed by atoms with Crippen LogP contribution in [0.15, 0.2) is 60.7 Å². The number of nitrogens with one attached hydrogen (secondary N) is 3. The largest absolute Gasteiger partial charge is 0.480 e. The summed E-state index contributed by atoms with van der Waals surface area (Å²) >= 11 is 0. The van der Waals surface area contributed by atoms with E-state index in [0.29, 0.717) is 45.6 Å². The third-order valence-corrected chi connectivity index (χ3v) is 6.92. The van der Waals surface area contributed by atoms with Crippen LogP contribution < -0.4 is 16.0 Å². The number of hydrogen-bond donors (Lipinski definition) is 4. The Morgan fingerprint density at radius 2 is 1.37 bits per heavy atom. The third-order valence-electron chi connectivity index (χ3n) is 6.92. The maximum Gasteiger partial charge on any atom is 0.326 e. The van der Waals surface area contributed by atoms with Gasteiger partial charge in [-0.3, -0.25) is 19.3 Å². The molecule has 0 spiro atoms. The Kier molecular flexibility index (Phi) is 12.8. The lowest BCUT2D eigenvalue weighted by Crippen LogP contribution is -2.57. The normalized spacial score (nSPS) is 15.9. The number of nitrogens with zero attached hydrogens (tertiary/aromatic N) is 1. The minimum atomic E-state index is -1.16. The minimum absolute atomic E-state index is 0.0436. The van der Waals surface area contributed by atoms with Gasteiger partial charge in [-0.15, -0.1) is 0 Å². The molecule has 3 amide bonds. The number of rotatable bonds is 15. The molecule has 222 valence electrons. The lowest BCUT2D eigenvalue weighted by atomic mass is 10.00. The first-order valence-electron chi connectivity index (χ1n) is 14.2. The lowest BCUT2D eigenvalue weighted by molar-refractivity contribution is -0.142. The molecule has 10 heteroatoms. The number of morpholine rings is 1. The first-order chi connectivity index (χ1) is 19.7. The molecular weight excluding hydrogens is 524 g/mol. The summed E-state index contributed by atoms with van der Waals surface area (Å²) in [6.07, 6.45) is 1.31. The first kappa shape index (κ1) is 31.8. The summed E-state index contributed by atoms with van der Waals surface area (Å²) in [7, 11) is 0. The maximum atomic E-state index is 13.5. The van der Waals surface area contributed by atoms with Crippen LogP contribution in [0.25, 0.3) is 0 Å². The molecule has 0 aromatic heterocycles. The monoisotopic (exact) mass is 566 g/mol. The summed E-state index contributed by atoms with van der Waals surface area (Å²) in [5.41, 5.74) is 1.79. The maximum absolute atomic E-state index is 13.5. The molecule has 3 rings (SSSR count). The molecule has 1 aliphatic rings. The Morgan fingerprint density at radius 1 is 0.805 bits per heavy atom. The van der Waals surface area contributed by atoms with Crippen molar-refractivity contribution < 1.29 is 29.0 Å². The summed E-state index contributed by atoms with van der Waals surface area (Å²) < 4.78 is 5.35. The molecule has 1 saturated heterocycles. The predicted molar refractivity (Wildman–Crippen MR) is 155 cm³/mol. The highest BCUT2D eigenvalue weighted by Gasteiger charge is 2.30. The molecule has 0 saturated carbocycles. The fourth-order valence-corrected chi connectivity index (χ4v) is 4.72. The molecule has 10 nitrogen and oxygen atoms in total. The fraction of sp³-hybridized carbons (Fsp3) is 0.484. The number of carbonyl (C=O) groups is 4. The third kappa shape index (κ3) is 11.3. The molecule has 1 fully saturated rings. The Bertz CT molecular complexity index is 1120. The van der Waals surface area contributed by atoms with Crippen molar-refractivity contribution in [1.82, 2.24) is 20.9 Å². The zero-order chi connectivity index (χ0) is 29.6. The predicted octanol–water partition coefficient (Wildman–Crippen LogP) is 1.78. The van der Waals surface area contributed by atoms with E-state index in [1.807, 2.05) is 55.1 Å². The van der Waals surface area contributed by atoms with Gasteiger partial charge >= 0.3 is 5.97 Å². The Hall–Kier alpha value is -3.76. The van der Waals surface area contributed by atoms with E-state index in [2.05, 4.69) is 16.0 Å². The highest BCUT2D eigenvalue weighted by molar-refractivity contribution is 5.93. The molecule has 0 bridgehead atoms. The van der Waals surface area contributed by atoms with Gasteiger partial charge in [0, 0.05) is 19.5 Å². The van der Waals surface area contributed by atoms with Crippen LogP contribution in [-0.4, -0.2) is 84.7 Å². The molecule has 2 aromatic rings. The van der Waals surface area contributed by atoms with Crippen LogP contribution in [0.2, 0.25) is 0 Å². The molecule has 1 unspecified atom stereocenters. The van der Waals surface area contributed by atoms with E-state index in [4.69, 9.17) is 4.74 Å². The zero-order valence-electron chi connectivity index (χ0n) is 23.9. The van der Waals surface area contributed by atoms with Crippen LogP contribution >= 0.6 is 0 Å².